The van der Waals surface area contributed by atoms with Gasteiger partial charge >= 0.3 is 0 Å². The van der Waals surface area contributed by atoms with Gasteiger partial charge in [0.05, 0.1) is 48.2 Å². The third kappa shape index (κ3) is 6.41. The summed E-state index contributed by atoms with van der Waals surface area (Å²) in [5.41, 5.74) is 2.69. The number of para-hydroxylation sites is 1. The number of hydrogen-bond acceptors (Lipinski definition) is 8. The molecule has 0 heterocycles. The van der Waals surface area contributed by atoms with Crippen molar-refractivity contribution in [1.82, 2.24) is 0 Å². The predicted octanol–water partition coefficient (Wildman–Crippen LogP) is 5.88. The summed E-state index contributed by atoms with van der Waals surface area (Å²) in [4.78, 5) is 17.2. The summed E-state index contributed by atoms with van der Waals surface area (Å²) in [6, 6.07) is 14.5. The van der Waals surface area contributed by atoms with Crippen LogP contribution in [0.1, 0.15) is 27.9 Å². The number of Topliss-reactive ketones (excluding diaryl/α,β-unsaturated/α-hetero) is 1. The van der Waals surface area contributed by atoms with Gasteiger partial charge in [0.25, 0.3) is 0 Å². The molecule has 0 fully saturated rings. The van der Waals surface area contributed by atoms with Crippen LogP contribution in [0.5, 0.6) is 34.5 Å². The van der Waals surface area contributed by atoms with Gasteiger partial charge in [0.2, 0.25) is 5.75 Å². The van der Waals surface area contributed by atoms with Gasteiger partial charge in [-0.15, -0.1) is 0 Å². The molecule has 0 N–H and O–H groups in total. The number of aliphatic imine (C=N–C) groups is 1. The van der Waals surface area contributed by atoms with Crippen LogP contribution < -0.4 is 28.4 Å². The molecule has 0 aliphatic rings. The molecule has 0 bridgehead atoms. The first kappa shape index (κ1) is 27.1. The van der Waals surface area contributed by atoms with E-state index in [1.807, 2.05) is 42.5 Å². The van der Waals surface area contributed by atoms with Crippen molar-refractivity contribution in [2.45, 2.75) is 6.42 Å². The number of ketones is 1. The summed E-state index contributed by atoms with van der Waals surface area (Å²) in [6.45, 7) is 0. The van der Waals surface area contributed by atoms with E-state index < -0.39 is 0 Å². The lowest BCUT2D eigenvalue weighted by Gasteiger charge is -2.13. The van der Waals surface area contributed by atoms with Crippen molar-refractivity contribution in [3.8, 4) is 34.5 Å². The standard InChI is InChI=1S/C29H31NO7/c1-32-24-10-8-7-9-21(24)23(31)13-14-30-22-15-19(16-25(33-2)28(22)36-5)11-12-20-17-26(34-3)29(37-6)27(18-20)35-4/h7-12,14-18H,13H2,1-6H3/b12-11-,30-14?. The van der Waals surface area contributed by atoms with Crippen molar-refractivity contribution < 1.29 is 33.2 Å². The zero-order valence-corrected chi connectivity index (χ0v) is 21.9. The molecule has 3 aromatic carbocycles. The van der Waals surface area contributed by atoms with Gasteiger partial charge in [-0.3, -0.25) is 9.79 Å². The first-order valence-electron chi connectivity index (χ1n) is 11.4. The van der Waals surface area contributed by atoms with Crippen LogP contribution in [0.4, 0.5) is 5.69 Å². The molecule has 8 heteroatoms. The molecule has 0 amide bonds. The Bertz CT molecular complexity index is 1270. The minimum absolute atomic E-state index is 0.0946. The van der Waals surface area contributed by atoms with Crippen molar-refractivity contribution >= 4 is 29.8 Å². The van der Waals surface area contributed by atoms with Crippen LogP contribution in [0.2, 0.25) is 0 Å². The molecule has 37 heavy (non-hydrogen) atoms. The molecule has 8 nitrogen and oxygen atoms in total. The average molecular weight is 506 g/mol. The van der Waals surface area contributed by atoms with E-state index in [1.54, 1.807) is 60.0 Å². The zero-order chi connectivity index (χ0) is 26.8. The fourth-order valence-electron chi connectivity index (χ4n) is 3.76. The summed E-state index contributed by atoms with van der Waals surface area (Å²) in [6.07, 6.45) is 5.46. The van der Waals surface area contributed by atoms with Crippen molar-refractivity contribution in [1.29, 1.82) is 0 Å². The Balaban J connectivity index is 1.91. The molecule has 0 aliphatic heterocycles. The number of hydrogen-bond donors (Lipinski definition) is 0. The maximum atomic E-state index is 12.7. The Labute approximate surface area is 217 Å². The minimum atomic E-state index is -0.106. The SMILES string of the molecule is COc1ccccc1C(=O)CC=Nc1cc(/C=C\c2cc(OC)c(OC)c(OC)c2)cc(OC)c1OC. The van der Waals surface area contributed by atoms with Gasteiger partial charge in [-0.25, -0.2) is 0 Å². The van der Waals surface area contributed by atoms with Crippen molar-refractivity contribution in [2.75, 3.05) is 42.7 Å². The first-order valence-corrected chi connectivity index (χ1v) is 11.4. The Hall–Kier alpha value is -4.46. The molecular formula is C29H31NO7. The minimum Gasteiger partial charge on any atom is -0.496 e. The second-order valence-electron chi connectivity index (χ2n) is 7.71. The van der Waals surface area contributed by atoms with Crippen LogP contribution >= 0.6 is 0 Å². The third-order valence-corrected chi connectivity index (χ3v) is 5.55. The van der Waals surface area contributed by atoms with Crippen LogP contribution in [-0.2, 0) is 0 Å². The van der Waals surface area contributed by atoms with Crippen molar-refractivity contribution in [2.24, 2.45) is 4.99 Å². The second-order valence-corrected chi connectivity index (χ2v) is 7.71. The molecule has 0 atom stereocenters. The van der Waals surface area contributed by atoms with Gasteiger partial charge in [-0.2, -0.15) is 0 Å². The van der Waals surface area contributed by atoms with Crippen molar-refractivity contribution in [3.05, 3.63) is 65.2 Å². The lowest BCUT2D eigenvalue weighted by molar-refractivity contribution is 0.0998. The van der Waals surface area contributed by atoms with Crippen LogP contribution in [0, 0.1) is 0 Å². The van der Waals surface area contributed by atoms with E-state index in [9.17, 15) is 4.79 Å². The molecule has 3 rings (SSSR count). The quantitative estimate of drug-likeness (QED) is 0.173. The topological polar surface area (TPSA) is 84.8 Å². The van der Waals surface area contributed by atoms with Crippen LogP contribution in [0.15, 0.2) is 53.5 Å². The van der Waals surface area contributed by atoms with E-state index in [-0.39, 0.29) is 12.2 Å². The normalized spacial score (nSPS) is 11.0. The molecule has 0 unspecified atom stereocenters. The van der Waals surface area contributed by atoms with Gasteiger partial charge in [-0.05, 0) is 47.5 Å². The lowest BCUT2D eigenvalue weighted by atomic mass is 10.1. The van der Waals surface area contributed by atoms with Crippen LogP contribution in [0.25, 0.3) is 12.2 Å². The number of nitrogens with zero attached hydrogens (tertiary/aromatic N) is 1. The lowest BCUT2D eigenvalue weighted by Crippen LogP contribution is -2.02. The summed E-state index contributed by atoms with van der Waals surface area (Å²) in [7, 11) is 9.34. The Kier molecular flexibility index (Phi) is 9.55. The second kappa shape index (κ2) is 13.0. The van der Waals surface area contributed by atoms with Crippen LogP contribution in [-0.4, -0.2) is 54.7 Å². The Morgan fingerprint density at radius 2 is 1.19 bits per heavy atom. The number of benzene rings is 3. The third-order valence-electron chi connectivity index (χ3n) is 5.55. The van der Waals surface area contributed by atoms with E-state index in [4.69, 9.17) is 28.4 Å². The summed E-state index contributed by atoms with van der Waals surface area (Å²) >= 11 is 0. The summed E-state index contributed by atoms with van der Waals surface area (Å²) in [5, 5.41) is 0. The molecule has 0 aromatic heterocycles. The molecule has 0 spiro atoms. The maximum absolute atomic E-state index is 12.7. The molecule has 0 saturated carbocycles. The highest BCUT2D eigenvalue weighted by molar-refractivity contribution is 6.05. The van der Waals surface area contributed by atoms with E-state index in [0.717, 1.165) is 11.1 Å². The predicted molar refractivity (Wildman–Crippen MR) is 145 cm³/mol. The molecule has 0 aliphatic carbocycles. The first-order chi connectivity index (χ1) is 18.0. The summed E-state index contributed by atoms with van der Waals surface area (Å²) < 4.78 is 32.6. The van der Waals surface area contributed by atoms with E-state index in [2.05, 4.69) is 4.99 Å². The number of rotatable bonds is 12. The zero-order valence-electron chi connectivity index (χ0n) is 21.9. The van der Waals surface area contributed by atoms with E-state index in [1.165, 1.54) is 7.11 Å². The highest BCUT2D eigenvalue weighted by Crippen LogP contribution is 2.40. The van der Waals surface area contributed by atoms with E-state index in [0.29, 0.717) is 45.7 Å². The van der Waals surface area contributed by atoms with Gasteiger partial charge < -0.3 is 28.4 Å². The Morgan fingerprint density at radius 1 is 0.676 bits per heavy atom. The fourth-order valence-corrected chi connectivity index (χ4v) is 3.76. The average Bonchev–Trinajstić information content (AvgIpc) is 2.94. The molecular weight excluding hydrogens is 474 g/mol. The maximum Gasteiger partial charge on any atom is 0.203 e. The fraction of sp³-hybridized carbons (Fsp3) is 0.241. The highest BCUT2D eigenvalue weighted by atomic mass is 16.5. The number of methoxy groups -OCH3 is 6. The van der Waals surface area contributed by atoms with Crippen LogP contribution in [0.3, 0.4) is 0 Å². The molecule has 0 radical (unpaired) electrons. The number of carbonyl (C=O) groups is 1. The molecule has 3 aromatic rings. The van der Waals surface area contributed by atoms with Crippen molar-refractivity contribution in [3.63, 3.8) is 0 Å². The molecule has 194 valence electrons. The number of carbonyl (C=O) groups excluding carboxylic acids is 1. The van der Waals surface area contributed by atoms with Gasteiger partial charge in [0.15, 0.2) is 28.8 Å². The summed E-state index contributed by atoms with van der Waals surface area (Å²) in [5.74, 6) is 3.03. The highest BCUT2D eigenvalue weighted by Gasteiger charge is 2.14. The number of ether oxygens (including phenoxy) is 6. The van der Waals surface area contributed by atoms with Gasteiger partial charge in [-0.1, -0.05) is 24.3 Å². The van der Waals surface area contributed by atoms with E-state index >= 15 is 0 Å². The smallest absolute Gasteiger partial charge is 0.203 e. The Morgan fingerprint density at radius 3 is 1.73 bits per heavy atom. The van der Waals surface area contributed by atoms with Gasteiger partial charge in [0.1, 0.15) is 11.4 Å². The van der Waals surface area contributed by atoms with Gasteiger partial charge in [0, 0.05) is 12.6 Å². The monoisotopic (exact) mass is 505 g/mol. The largest absolute Gasteiger partial charge is 0.496 e. The molecule has 0 saturated heterocycles.